The molecule has 0 unspecified atom stereocenters. The fraction of sp³-hybridized carbons (Fsp3) is 0.0714. The normalized spacial score (nSPS) is 10.6. The van der Waals surface area contributed by atoms with Crippen LogP contribution in [0.3, 0.4) is 0 Å². The fourth-order valence-corrected chi connectivity index (χ4v) is 2.57. The van der Waals surface area contributed by atoms with Gasteiger partial charge >= 0.3 is 0 Å². The number of thioether (sulfide) groups is 1. The molecule has 0 aliphatic heterocycles. The molecule has 1 N–H and O–H groups in total. The Morgan fingerprint density at radius 2 is 1.96 bits per heavy atom. The molecular weight excluding hydrogens is 350 g/mol. The van der Waals surface area contributed by atoms with Crippen molar-refractivity contribution in [3.8, 4) is 0 Å². The highest BCUT2D eigenvalue weighted by molar-refractivity contribution is 7.99. The van der Waals surface area contributed by atoms with Gasteiger partial charge in [-0.25, -0.2) is 0 Å². The lowest BCUT2D eigenvalue weighted by molar-refractivity contribution is -0.385. The van der Waals surface area contributed by atoms with Gasteiger partial charge in [-0.2, -0.15) is 8.78 Å². The molecule has 1 amide bonds. The van der Waals surface area contributed by atoms with Gasteiger partial charge < -0.3 is 5.32 Å². The number of rotatable bonds is 5. The third-order valence-electron chi connectivity index (χ3n) is 2.75. The summed E-state index contributed by atoms with van der Waals surface area (Å²) in [7, 11) is 0. The van der Waals surface area contributed by atoms with Crippen LogP contribution >= 0.6 is 23.4 Å². The van der Waals surface area contributed by atoms with Gasteiger partial charge in [-0.1, -0.05) is 35.5 Å². The Labute approximate surface area is 138 Å². The van der Waals surface area contributed by atoms with Crippen LogP contribution in [0.15, 0.2) is 47.4 Å². The first-order chi connectivity index (χ1) is 10.9. The summed E-state index contributed by atoms with van der Waals surface area (Å²) >= 11 is 5.96. The standard InChI is InChI=1S/C14H9ClF2N2O3S/c15-8-5-6-9(11(7-8)19(21)22)13(20)18-10-3-1-2-4-12(10)23-14(16)17/h1-7,14H,(H,18,20). The lowest BCUT2D eigenvalue weighted by Gasteiger charge is -2.10. The molecule has 2 aromatic rings. The highest BCUT2D eigenvalue weighted by Crippen LogP contribution is 2.32. The zero-order valence-corrected chi connectivity index (χ0v) is 12.9. The number of anilines is 1. The van der Waals surface area contributed by atoms with Crippen molar-refractivity contribution in [3.05, 3.63) is 63.2 Å². The highest BCUT2D eigenvalue weighted by Gasteiger charge is 2.21. The molecule has 0 fully saturated rings. The third kappa shape index (κ3) is 4.40. The predicted octanol–water partition coefficient (Wildman–Crippen LogP) is 4.82. The maximum atomic E-state index is 12.5. The number of hydrogen-bond donors (Lipinski definition) is 1. The Hall–Kier alpha value is -2.19. The zero-order chi connectivity index (χ0) is 17.0. The highest BCUT2D eigenvalue weighted by atomic mass is 35.5. The molecule has 0 saturated heterocycles. The van der Waals surface area contributed by atoms with Gasteiger partial charge in [0.2, 0.25) is 0 Å². The zero-order valence-electron chi connectivity index (χ0n) is 11.3. The van der Waals surface area contributed by atoms with E-state index < -0.39 is 22.3 Å². The summed E-state index contributed by atoms with van der Waals surface area (Å²) in [4.78, 5) is 22.7. The summed E-state index contributed by atoms with van der Waals surface area (Å²) in [5, 5.41) is 13.5. The molecule has 9 heteroatoms. The Kier molecular flexibility index (Phi) is 5.51. The molecule has 23 heavy (non-hydrogen) atoms. The monoisotopic (exact) mass is 358 g/mol. The fourth-order valence-electron chi connectivity index (χ4n) is 1.81. The minimum atomic E-state index is -2.65. The summed E-state index contributed by atoms with van der Waals surface area (Å²) in [6.45, 7) is 0. The molecule has 0 atom stereocenters. The van der Waals surface area contributed by atoms with Crippen molar-refractivity contribution >= 4 is 40.6 Å². The predicted molar refractivity (Wildman–Crippen MR) is 84.4 cm³/mol. The Morgan fingerprint density at radius 3 is 2.61 bits per heavy atom. The number of carbonyl (C=O) groups excluding carboxylic acids is 1. The van der Waals surface area contributed by atoms with Gasteiger partial charge in [0.25, 0.3) is 17.4 Å². The van der Waals surface area contributed by atoms with E-state index in [1.165, 1.54) is 24.3 Å². The van der Waals surface area contributed by atoms with Crippen molar-refractivity contribution in [3.63, 3.8) is 0 Å². The Morgan fingerprint density at radius 1 is 1.26 bits per heavy atom. The van der Waals surface area contributed by atoms with E-state index in [0.29, 0.717) is 0 Å². The first-order valence-corrected chi connectivity index (χ1v) is 7.43. The van der Waals surface area contributed by atoms with E-state index in [1.807, 2.05) is 0 Å². The molecule has 0 saturated carbocycles. The summed E-state index contributed by atoms with van der Waals surface area (Å²) in [6.07, 6.45) is 0. The number of nitro benzene ring substituents is 1. The molecule has 0 aromatic heterocycles. The largest absolute Gasteiger partial charge is 0.321 e. The molecule has 5 nitrogen and oxygen atoms in total. The lowest BCUT2D eigenvalue weighted by atomic mass is 10.1. The van der Waals surface area contributed by atoms with E-state index in [2.05, 4.69) is 5.32 Å². The number of carbonyl (C=O) groups is 1. The van der Waals surface area contributed by atoms with Crippen LogP contribution in [0.2, 0.25) is 5.02 Å². The minimum Gasteiger partial charge on any atom is -0.321 e. The second kappa shape index (κ2) is 7.38. The number of nitro groups is 1. The summed E-state index contributed by atoms with van der Waals surface area (Å²) < 4.78 is 25.0. The van der Waals surface area contributed by atoms with Crippen LogP contribution in [0.25, 0.3) is 0 Å². The summed E-state index contributed by atoms with van der Waals surface area (Å²) in [5.74, 6) is -3.44. The van der Waals surface area contributed by atoms with E-state index in [0.717, 1.165) is 6.07 Å². The Bertz CT molecular complexity index is 759. The van der Waals surface area contributed by atoms with E-state index in [9.17, 15) is 23.7 Å². The van der Waals surface area contributed by atoms with Gasteiger partial charge in [0.15, 0.2) is 0 Å². The lowest BCUT2D eigenvalue weighted by Crippen LogP contribution is -2.14. The van der Waals surface area contributed by atoms with Crippen LogP contribution in [0.4, 0.5) is 20.2 Å². The van der Waals surface area contributed by atoms with E-state index in [4.69, 9.17) is 11.6 Å². The van der Waals surface area contributed by atoms with Crippen LogP contribution in [0.5, 0.6) is 0 Å². The SMILES string of the molecule is O=C(Nc1ccccc1SC(F)F)c1ccc(Cl)cc1[N+](=O)[O-]. The van der Waals surface area contributed by atoms with Crippen molar-refractivity contribution in [2.75, 3.05) is 5.32 Å². The van der Waals surface area contributed by atoms with E-state index >= 15 is 0 Å². The first-order valence-electron chi connectivity index (χ1n) is 6.17. The average molecular weight is 359 g/mol. The van der Waals surface area contributed by atoms with Gasteiger partial charge in [0, 0.05) is 16.0 Å². The number of halogens is 3. The van der Waals surface area contributed by atoms with Crippen LogP contribution in [-0.4, -0.2) is 16.6 Å². The Balaban J connectivity index is 2.32. The van der Waals surface area contributed by atoms with E-state index in [-0.39, 0.29) is 32.9 Å². The number of benzene rings is 2. The summed E-state index contributed by atoms with van der Waals surface area (Å²) in [6, 6.07) is 9.55. The van der Waals surface area contributed by atoms with Crippen LogP contribution in [0.1, 0.15) is 10.4 Å². The molecule has 0 radical (unpaired) electrons. The molecule has 0 aliphatic rings. The van der Waals surface area contributed by atoms with Crippen LogP contribution in [-0.2, 0) is 0 Å². The van der Waals surface area contributed by atoms with Crippen LogP contribution < -0.4 is 5.32 Å². The van der Waals surface area contributed by atoms with Gasteiger partial charge in [-0.05, 0) is 24.3 Å². The van der Waals surface area contributed by atoms with Crippen LogP contribution in [0, 0.1) is 10.1 Å². The number of para-hydroxylation sites is 1. The third-order valence-corrected chi connectivity index (χ3v) is 3.78. The number of alkyl halides is 2. The van der Waals surface area contributed by atoms with Gasteiger partial charge in [-0.3, -0.25) is 14.9 Å². The van der Waals surface area contributed by atoms with Crippen molar-refractivity contribution in [1.82, 2.24) is 0 Å². The van der Waals surface area contributed by atoms with Crippen molar-refractivity contribution in [1.29, 1.82) is 0 Å². The second-order valence-corrected chi connectivity index (χ2v) is 5.72. The van der Waals surface area contributed by atoms with Crippen molar-refractivity contribution in [2.24, 2.45) is 0 Å². The average Bonchev–Trinajstić information content (AvgIpc) is 2.48. The maximum absolute atomic E-state index is 12.5. The number of nitrogens with zero attached hydrogens (tertiary/aromatic N) is 1. The molecule has 120 valence electrons. The quantitative estimate of drug-likeness (QED) is 0.472. The van der Waals surface area contributed by atoms with Gasteiger partial charge in [-0.15, -0.1) is 0 Å². The smallest absolute Gasteiger partial charge is 0.288 e. The first kappa shape index (κ1) is 17.2. The van der Waals surface area contributed by atoms with Gasteiger partial charge in [0.05, 0.1) is 10.6 Å². The molecular formula is C14H9ClF2N2O3S. The second-order valence-electron chi connectivity index (χ2n) is 4.25. The number of hydrogen-bond acceptors (Lipinski definition) is 4. The molecule has 0 spiro atoms. The molecule has 2 rings (SSSR count). The maximum Gasteiger partial charge on any atom is 0.288 e. The molecule has 0 bridgehead atoms. The topological polar surface area (TPSA) is 72.2 Å². The van der Waals surface area contributed by atoms with E-state index in [1.54, 1.807) is 12.1 Å². The summed E-state index contributed by atoms with van der Waals surface area (Å²) in [5.41, 5.74) is -0.530. The number of nitrogens with one attached hydrogen (secondary N) is 1. The van der Waals surface area contributed by atoms with Crippen molar-refractivity contribution < 1.29 is 18.5 Å². The number of amides is 1. The molecule has 2 aromatic carbocycles. The minimum absolute atomic E-state index is 0.113. The molecule has 0 heterocycles. The van der Waals surface area contributed by atoms with Crippen molar-refractivity contribution in [2.45, 2.75) is 10.7 Å². The van der Waals surface area contributed by atoms with Gasteiger partial charge in [0.1, 0.15) is 5.56 Å². The molecule has 0 aliphatic carbocycles.